The summed E-state index contributed by atoms with van der Waals surface area (Å²) in [6.45, 7) is -0.210. The molecule has 0 fully saturated rings. The van der Waals surface area contributed by atoms with Crippen molar-refractivity contribution in [1.29, 1.82) is 0 Å². The molecule has 0 aliphatic carbocycles. The lowest BCUT2D eigenvalue weighted by Gasteiger charge is -2.09. The third kappa shape index (κ3) is 4.22. The Hall–Kier alpha value is -3.56. The van der Waals surface area contributed by atoms with Crippen LogP contribution in [0.25, 0.3) is 11.4 Å². The van der Waals surface area contributed by atoms with Gasteiger partial charge in [-0.05, 0) is 30.3 Å². The molecular weight excluding hydrogens is 379 g/mol. The standard InChI is InChI=1S/C18H14F3N3O4/c1-26-12-5-6-14(13(8-12)16(22)25)27-9-15-23-17(24-28-15)10-3-2-4-11(7-10)18(19,20)21/h2-8H,9H2,1H3,(H2,22,25). The molecule has 2 aromatic carbocycles. The van der Waals surface area contributed by atoms with Crippen LogP contribution in [0.4, 0.5) is 13.2 Å². The third-order valence-corrected chi connectivity index (χ3v) is 3.72. The second-order valence-corrected chi connectivity index (χ2v) is 5.61. The maximum Gasteiger partial charge on any atom is 0.416 e. The molecule has 0 saturated carbocycles. The van der Waals surface area contributed by atoms with Crippen molar-refractivity contribution in [3.05, 3.63) is 59.5 Å². The maximum absolute atomic E-state index is 12.8. The molecule has 10 heteroatoms. The van der Waals surface area contributed by atoms with E-state index in [1.807, 2.05) is 0 Å². The molecule has 28 heavy (non-hydrogen) atoms. The van der Waals surface area contributed by atoms with Gasteiger partial charge < -0.3 is 19.7 Å². The molecule has 1 heterocycles. The third-order valence-electron chi connectivity index (χ3n) is 3.72. The van der Waals surface area contributed by atoms with Crippen LogP contribution >= 0.6 is 0 Å². The highest BCUT2D eigenvalue weighted by molar-refractivity contribution is 5.96. The summed E-state index contributed by atoms with van der Waals surface area (Å²) in [6.07, 6.45) is -4.48. The van der Waals surface area contributed by atoms with Crippen molar-refractivity contribution in [2.45, 2.75) is 12.8 Å². The van der Waals surface area contributed by atoms with Crippen molar-refractivity contribution in [3.63, 3.8) is 0 Å². The number of amides is 1. The SMILES string of the molecule is COc1ccc(OCc2nc(-c3cccc(C(F)(F)F)c3)no2)c(C(N)=O)c1. The Morgan fingerprint density at radius 3 is 2.68 bits per heavy atom. The minimum Gasteiger partial charge on any atom is -0.497 e. The Bertz CT molecular complexity index is 1000. The van der Waals surface area contributed by atoms with Gasteiger partial charge in [-0.3, -0.25) is 4.79 Å². The van der Waals surface area contributed by atoms with Crippen LogP contribution in [0.3, 0.4) is 0 Å². The van der Waals surface area contributed by atoms with Gasteiger partial charge in [0.1, 0.15) is 11.5 Å². The summed E-state index contributed by atoms with van der Waals surface area (Å²) in [6, 6.07) is 9.03. The van der Waals surface area contributed by atoms with Crippen molar-refractivity contribution < 1.29 is 32.0 Å². The van der Waals surface area contributed by atoms with Crippen LogP contribution in [0.2, 0.25) is 0 Å². The summed E-state index contributed by atoms with van der Waals surface area (Å²) >= 11 is 0. The number of methoxy groups -OCH3 is 1. The Kier molecular flexibility index (Phi) is 5.21. The van der Waals surface area contributed by atoms with E-state index in [2.05, 4.69) is 10.1 Å². The predicted octanol–water partition coefficient (Wildman–Crippen LogP) is 3.44. The van der Waals surface area contributed by atoms with Crippen LogP contribution in [0.1, 0.15) is 21.8 Å². The molecule has 0 aliphatic heterocycles. The molecule has 0 spiro atoms. The second-order valence-electron chi connectivity index (χ2n) is 5.61. The molecule has 0 unspecified atom stereocenters. The van der Waals surface area contributed by atoms with E-state index >= 15 is 0 Å². The van der Waals surface area contributed by atoms with E-state index in [0.29, 0.717) is 5.75 Å². The van der Waals surface area contributed by atoms with E-state index in [1.54, 1.807) is 6.07 Å². The lowest BCUT2D eigenvalue weighted by Crippen LogP contribution is -2.13. The highest BCUT2D eigenvalue weighted by Crippen LogP contribution is 2.31. The van der Waals surface area contributed by atoms with Crippen LogP contribution in [0.15, 0.2) is 47.0 Å². The molecule has 0 atom stereocenters. The van der Waals surface area contributed by atoms with E-state index in [9.17, 15) is 18.0 Å². The number of benzene rings is 2. The Balaban J connectivity index is 1.77. The lowest BCUT2D eigenvalue weighted by atomic mass is 10.1. The second kappa shape index (κ2) is 7.59. The molecule has 0 radical (unpaired) electrons. The van der Waals surface area contributed by atoms with Gasteiger partial charge in [-0.15, -0.1) is 0 Å². The maximum atomic E-state index is 12.8. The average molecular weight is 393 g/mol. The zero-order valence-electron chi connectivity index (χ0n) is 14.5. The Morgan fingerprint density at radius 1 is 1.21 bits per heavy atom. The predicted molar refractivity (Wildman–Crippen MR) is 90.6 cm³/mol. The van der Waals surface area contributed by atoms with Crippen molar-refractivity contribution in [2.24, 2.45) is 5.73 Å². The Labute approximate surface area is 156 Å². The number of nitrogens with zero attached hydrogens (tertiary/aromatic N) is 2. The summed E-state index contributed by atoms with van der Waals surface area (Å²) in [7, 11) is 1.44. The molecule has 1 amide bonds. The molecule has 146 valence electrons. The number of hydrogen-bond donors (Lipinski definition) is 1. The number of alkyl halides is 3. The fourth-order valence-electron chi connectivity index (χ4n) is 2.36. The van der Waals surface area contributed by atoms with Gasteiger partial charge >= 0.3 is 6.18 Å². The van der Waals surface area contributed by atoms with Crippen LogP contribution in [0, 0.1) is 0 Å². The van der Waals surface area contributed by atoms with Gasteiger partial charge in [-0.25, -0.2) is 0 Å². The highest BCUT2D eigenvalue weighted by Gasteiger charge is 2.30. The zero-order chi connectivity index (χ0) is 20.3. The topological polar surface area (TPSA) is 100 Å². The van der Waals surface area contributed by atoms with E-state index in [0.717, 1.165) is 12.1 Å². The van der Waals surface area contributed by atoms with Crippen LogP contribution in [0.5, 0.6) is 11.5 Å². The molecule has 0 saturated heterocycles. The summed E-state index contributed by atoms with van der Waals surface area (Å²) in [5.74, 6) is -0.129. The Morgan fingerprint density at radius 2 is 2.00 bits per heavy atom. The van der Waals surface area contributed by atoms with E-state index < -0.39 is 17.6 Å². The van der Waals surface area contributed by atoms with Crippen molar-refractivity contribution in [3.8, 4) is 22.9 Å². The summed E-state index contributed by atoms with van der Waals surface area (Å²) < 4.78 is 54.0. The molecule has 0 aliphatic rings. The number of carbonyl (C=O) groups is 1. The van der Waals surface area contributed by atoms with Gasteiger partial charge in [-0.2, -0.15) is 18.2 Å². The minimum atomic E-state index is -4.48. The van der Waals surface area contributed by atoms with Gasteiger partial charge in [0.25, 0.3) is 11.8 Å². The molecule has 0 bridgehead atoms. The smallest absolute Gasteiger partial charge is 0.416 e. The van der Waals surface area contributed by atoms with E-state index in [4.69, 9.17) is 19.7 Å². The number of halogens is 3. The van der Waals surface area contributed by atoms with Gasteiger partial charge in [-0.1, -0.05) is 17.3 Å². The first kappa shape index (κ1) is 19.2. The molecule has 7 nitrogen and oxygen atoms in total. The van der Waals surface area contributed by atoms with Crippen molar-refractivity contribution >= 4 is 5.91 Å². The average Bonchev–Trinajstić information content (AvgIpc) is 3.14. The van der Waals surface area contributed by atoms with Gasteiger partial charge in [0.2, 0.25) is 5.82 Å². The first-order chi connectivity index (χ1) is 13.3. The summed E-state index contributed by atoms with van der Waals surface area (Å²) in [5.41, 5.74) is 4.74. The monoisotopic (exact) mass is 393 g/mol. The van der Waals surface area contributed by atoms with Gasteiger partial charge in [0.15, 0.2) is 6.61 Å². The van der Waals surface area contributed by atoms with E-state index in [1.165, 1.54) is 31.4 Å². The first-order valence-corrected chi connectivity index (χ1v) is 7.89. The number of hydrogen-bond acceptors (Lipinski definition) is 6. The number of nitrogens with two attached hydrogens (primary N) is 1. The number of primary amides is 1. The van der Waals surface area contributed by atoms with Gasteiger partial charge in [0, 0.05) is 5.56 Å². The first-order valence-electron chi connectivity index (χ1n) is 7.89. The van der Waals surface area contributed by atoms with Crippen molar-refractivity contribution in [2.75, 3.05) is 7.11 Å². The number of rotatable bonds is 6. The number of ether oxygens (including phenoxy) is 2. The zero-order valence-corrected chi connectivity index (χ0v) is 14.5. The summed E-state index contributed by atoms with van der Waals surface area (Å²) in [4.78, 5) is 15.6. The molecule has 3 aromatic rings. The van der Waals surface area contributed by atoms with Crippen LogP contribution in [-0.4, -0.2) is 23.2 Å². The highest BCUT2D eigenvalue weighted by atomic mass is 19.4. The molecule has 2 N–H and O–H groups in total. The van der Waals surface area contributed by atoms with E-state index in [-0.39, 0.29) is 35.2 Å². The number of aromatic nitrogens is 2. The lowest BCUT2D eigenvalue weighted by molar-refractivity contribution is -0.137. The summed E-state index contributed by atoms with van der Waals surface area (Å²) in [5, 5.41) is 3.66. The minimum absolute atomic E-state index is 0.0126. The molecule has 1 aromatic heterocycles. The quantitative estimate of drug-likeness (QED) is 0.689. The fraction of sp³-hybridized carbons (Fsp3) is 0.167. The largest absolute Gasteiger partial charge is 0.497 e. The molecular formula is C18H14F3N3O4. The molecule has 3 rings (SSSR count). The van der Waals surface area contributed by atoms with Gasteiger partial charge in [0.05, 0.1) is 18.2 Å². The van der Waals surface area contributed by atoms with Crippen LogP contribution < -0.4 is 15.2 Å². The van der Waals surface area contributed by atoms with Crippen molar-refractivity contribution in [1.82, 2.24) is 10.1 Å². The fourth-order valence-corrected chi connectivity index (χ4v) is 2.36. The van der Waals surface area contributed by atoms with Crippen LogP contribution in [-0.2, 0) is 12.8 Å². The normalized spacial score (nSPS) is 11.3. The number of carbonyl (C=O) groups excluding carboxylic acids is 1.